The van der Waals surface area contributed by atoms with Crippen molar-refractivity contribution >= 4 is 17.2 Å². The van der Waals surface area contributed by atoms with Crippen LogP contribution in [0.5, 0.6) is 5.75 Å². The monoisotopic (exact) mass is 559 g/mol. The highest BCUT2D eigenvalue weighted by Gasteiger charge is 2.34. The second-order valence-corrected chi connectivity index (χ2v) is 8.65. The molecule has 4 aromatic rings. The molecule has 1 aliphatic rings. The second kappa shape index (κ2) is 14.1. The summed E-state index contributed by atoms with van der Waals surface area (Å²) in [6, 6.07) is 9.87. The van der Waals surface area contributed by atoms with Crippen LogP contribution in [0.25, 0.3) is 16.8 Å². The van der Waals surface area contributed by atoms with Gasteiger partial charge in [-0.15, -0.1) is 13.2 Å². The number of pyridine rings is 1. The molecular weight excluding hydrogens is 519 g/mol. The third-order valence-electron chi connectivity index (χ3n) is 5.63. The highest BCUT2D eigenvalue weighted by Crippen LogP contribution is 2.41. The maximum Gasteiger partial charge on any atom is 0.573 e. The van der Waals surface area contributed by atoms with E-state index in [-0.39, 0.29) is 5.75 Å². The standard InChI is InChI=1S/C24H22F3N5O2.3C2H6/c1-23(2,33)22-28-12-16(13-29-22)15-9-10-20-30-17-6-5-11-31(21(17)32(20)14-15)18-7-3-4-8-19(18)34-24(25,26)27;3*1-2/h3-4,7-10,12-14,33H,5-6,11H2,1-2H3;3*1-2H3. The van der Waals surface area contributed by atoms with E-state index in [4.69, 9.17) is 4.98 Å². The largest absolute Gasteiger partial charge is 0.573 e. The minimum Gasteiger partial charge on any atom is -0.404 e. The lowest BCUT2D eigenvalue weighted by Gasteiger charge is -2.30. The number of fused-ring (bicyclic) bond motifs is 3. The van der Waals surface area contributed by atoms with Gasteiger partial charge in [-0.25, -0.2) is 15.0 Å². The number of alkyl halides is 3. The smallest absolute Gasteiger partial charge is 0.404 e. The Kier molecular flexibility index (Phi) is 11.5. The van der Waals surface area contributed by atoms with Crippen LogP contribution < -0.4 is 9.64 Å². The highest BCUT2D eigenvalue weighted by atomic mass is 19.4. The Morgan fingerprint density at radius 2 is 1.50 bits per heavy atom. The summed E-state index contributed by atoms with van der Waals surface area (Å²) in [5.74, 6) is 0.754. The first-order valence-corrected chi connectivity index (χ1v) is 13.8. The van der Waals surface area contributed by atoms with E-state index in [1.165, 1.54) is 12.1 Å². The number of imidazole rings is 1. The maximum absolute atomic E-state index is 13.0. The third kappa shape index (κ3) is 7.50. The minimum absolute atomic E-state index is 0.260. The van der Waals surface area contributed by atoms with Crippen molar-refractivity contribution in [3.8, 4) is 16.9 Å². The van der Waals surface area contributed by atoms with Crippen molar-refractivity contribution in [2.24, 2.45) is 0 Å². The summed E-state index contributed by atoms with van der Waals surface area (Å²) in [6.07, 6.45) is 1.81. The van der Waals surface area contributed by atoms with E-state index in [2.05, 4.69) is 14.7 Å². The van der Waals surface area contributed by atoms with Crippen molar-refractivity contribution < 1.29 is 23.0 Å². The van der Waals surface area contributed by atoms with Gasteiger partial charge in [0.05, 0.1) is 11.4 Å². The van der Waals surface area contributed by atoms with Gasteiger partial charge in [-0.1, -0.05) is 53.7 Å². The Balaban J connectivity index is 0.000000876. The van der Waals surface area contributed by atoms with Gasteiger partial charge in [-0.05, 0) is 51.0 Å². The number of aromatic nitrogens is 4. The van der Waals surface area contributed by atoms with E-state index in [0.29, 0.717) is 35.9 Å². The zero-order valence-corrected chi connectivity index (χ0v) is 24.5. The topological polar surface area (TPSA) is 75.8 Å². The number of ether oxygens (including phenoxy) is 1. The molecule has 0 unspecified atom stereocenters. The number of hydrogen-bond donors (Lipinski definition) is 1. The first-order valence-electron chi connectivity index (χ1n) is 13.8. The van der Waals surface area contributed by atoms with Crippen molar-refractivity contribution in [1.29, 1.82) is 0 Å². The molecule has 0 radical (unpaired) electrons. The Hall–Kier alpha value is -3.66. The lowest BCUT2D eigenvalue weighted by molar-refractivity contribution is -0.274. The molecule has 0 bridgehead atoms. The molecule has 0 atom stereocenters. The van der Waals surface area contributed by atoms with Crippen LogP contribution in [-0.2, 0) is 12.0 Å². The molecule has 0 spiro atoms. The average Bonchev–Trinajstić information content (AvgIpc) is 3.34. The molecule has 0 amide bonds. The molecule has 3 aromatic heterocycles. The predicted molar refractivity (Wildman–Crippen MR) is 154 cm³/mol. The summed E-state index contributed by atoms with van der Waals surface area (Å²) in [5.41, 5.74) is 2.20. The van der Waals surface area contributed by atoms with E-state index < -0.39 is 12.0 Å². The van der Waals surface area contributed by atoms with E-state index in [1.54, 1.807) is 38.4 Å². The van der Waals surface area contributed by atoms with Crippen LogP contribution in [0.15, 0.2) is 55.0 Å². The fourth-order valence-corrected chi connectivity index (χ4v) is 4.13. The second-order valence-electron chi connectivity index (χ2n) is 8.65. The number of anilines is 2. The number of aliphatic hydroxyl groups is 1. The van der Waals surface area contributed by atoms with Crippen molar-refractivity contribution in [3.63, 3.8) is 0 Å². The van der Waals surface area contributed by atoms with E-state index in [1.807, 2.05) is 69.2 Å². The molecule has 0 saturated carbocycles. The summed E-state index contributed by atoms with van der Waals surface area (Å²) in [4.78, 5) is 15.1. The Bertz CT molecular complexity index is 1350. The van der Waals surface area contributed by atoms with Gasteiger partial charge in [-0.2, -0.15) is 0 Å². The fourth-order valence-electron chi connectivity index (χ4n) is 4.13. The molecule has 0 saturated heterocycles. The van der Waals surface area contributed by atoms with Crippen LogP contribution in [0.3, 0.4) is 0 Å². The number of rotatable bonds is 4. The van der Waals surface area contributed by atoms with Crippen LogP contribution in [0.1, 0.15) is 73.3 Å². The molecular formula is C30H40F3N5O2. The Morgan fingerprint density at radius 3 is 2.10 bits per heavy atom. The van der Waals surface area contributed by atoms with Crippen molar-refractivity contribution in [1.82, 2.24) is 19.4 Å². The SMILES string of the molecule is CC.CC.CC.CC(C)(O)c1ncc(-c2ccc3nc4c(n3c2)N(c2ccccc2OC(F)(F)F)CCC4)cn1. The predicted octanol–water partition coefficient (Wildman–Crippen LogP) is 8.08. The van der Waals surface area contributed by atoms with E-state index >= 15 is 0 Å². The number of hydrogen-bond acceptors (Lipinski definition) is 6. The summed E-state index contributed by atoms with van der Waals surface area (Å²) >= 11 is 0. The van der Waals surface area contributed by atoms with Crippen LogP contribution in [-0.4, -0.2) is 37.4 Å². The molecule has 5 rings (SSSR count). The first-order chi connectivity index (χ1) is 19.1. The quantitative estimate of drug-likeness (QED) is 0.272. The lowest BCUT2D eigenvalue weighted by Crippen LogP contribution is -2.27. The minimum atomic E-state index is -4.79. The first kappa shape index (κ1) is 32.6. The molecule has 0 fully saturated rings. The Morgan fingerprint density at radius 1 is 0.875 bits per heavy atom. The van der Waals surface area contributed by atoms with Gasteiger partial charge < -0.3 is 14.7 Å². The van der Waals surface area contributed by atoms with E-state index in [0.717, 1.165) is 23.2 Å². The molecule has 1 aromatic carbocycles. The lowest BCUT2D eigenvalue weighted by atomic mass is 10.1. The highest BCUT2D eigenvalue weighted by molar-refractivity contribution is 5.74. The molecule has 1 N–H and O–H groups in total. The van der Waals surface area contributed by atoms with E-state index in [9.17, 15) is 18.3 Å². The molecule has 40 heavy (non-hydrogen) atoms. The Labute approximate surface area is 234 Å². The van der Waals surface area contributed by atoms with Gasteiger partial charge in [0, 0.05) is 36.3 Å². The zero-order valence-electron chi connectivity index (χ0n) is 24.5. The van der Waals surface area contributed by atoms with Crippen LogP contribution in [0.4, 0.5) is 24.7 Å². The average molecular weight is 560 g/mol. The molecule has 4 heterocycles. The molecule has 0 aliphatic carbocycles. The van der Waals surface area contributed by atoms with Crippen molar-refractivity contribution in [3.05, 3.63) is 66.5 Å². The van der Waals surface area contributed by atoms with Gasteiger partial charge >= 0.3 is 6.36 Å². The van der Waals surface area contributed by atoms with Crippen molar-refractivity contribution in [2.45, 2.75) is 80.2 Å². The fraction of sp³-hybridized carbons (Fsp3) is 0.433. The van der Waals surface area contributed by atoms with Gasteiger partial charge in [0.2, 0.25) is 0 Å². The number of halogens is 3. The molecule has 10 heteroatoms. The van der Waals surface area contributed by atoms with Gasteiger partial charge in [0.1, 0.15) is 17.1 Å². The zero-order chi connectivity index (χ0) is 30.1. The summed E-state index contributed by atoms with van der Waals surface area (Å²) in [5, 5.41) is 10.1. The van der Waals surface area contributed by atoms with Gasteiger partial charge in [-0.3, -0.25) is 4.40 Å². The summed E-state index contributed by atoms with van der Waals surface area (Å²) in [6.45, 7) is 15.7. The van der Waals surface area contributed by atoms with Crippen LogP contribution >= 0.6 is 0 Å². The normalized spacial score (nSPS) is 12.7. The summed E-state index contributed by atoms with van der Waals surface area (Å²) in [7, 11) is 0. The van der Waals surface area contributed by atoms with Gasteiger partial charge in [0.25, 0.3) is 0 Å². The van der Waals surface area contributed by atoms with Crippen LogP contribution in [0, 0.1) is 0 Å². The maximum atomic E-state index is 13.0. The molecule has 7 nitrogen and oxygen atoms in total. The van der Waals surface area contributed by atoms with Crippen LogP contribution in [0.2, 0.25) is 0 Å². The van der Waals surface area contributed by atoms with Gasteiger partial charge in [0.15, 0.2) is 11.6 Å². The number of aryl methyl sites for hydroxylation is 1. The molecule has 218 valence electrons. The number of para-hydroxylation sites is 2. The third-order valence-corrected chi connectivity index (χ3v) is 5.63. The molecule has 1 aliphatic heterocycles. The number of benzene rings is 1. The summed E-state index contributed by atoms with van der Waals surface area (Å²) < 4.78 is 45.3. The number of nitrogens with zero attached hydrogens (tertiary/aromatic N) is 5. The van der Waals surface area contributed by atoms with Crippen molar-refractivity contribution in [2.75, 3.05) is 11.4 Å².